The molecular weight excluding hydrogens is 418 g/mol. The number of carbonyl (C=O) groups excluding carboxylic acids is 1. The topological polar surface area (TPSA) is 55.4 Å². The van der Waals surface area contributed by atoms with Crippen LogP contribution in [-0.4, -0.2) is 43.1 Å². The molecule has 148 valence electrons. The van der Waals surface area contributed by atoms with Gasteiger partial charge >= 0.3 is 6.18 Å². The average molecular weight is 432 g/mol. The molecule has 6 nitrogen and oxygen atoms in total. The molecule has 28 heavy (non-hydrogen) atoms. The van der Waals surface area contributed by atoms with E-state index in [1.807, 2.05) is 0 Å². The minimum Gasteiger partial charge on any atom is -0.335 e. The summed E-state index contributed by atoms with van der Waals surface area (Å²) >= 11 is 12.1. The van der Waals surface area contributed by atoms with Crippen LogP contribution in [0.3, 0.4) is 0 Å². The summed E-state index contributed by atoms with van der Waals surface area (Å²) in [6, 6.07) is 3.80. The molecule has 4 rings (SSSR count). The van der Waals surface area contributed by atoms with Gasteiger partial charge in [-0.15, -0.1) is 0 Å². The van der Waals surface area contributed by atoms with Crippen molar-refractivity contribution in [3.63, 3.8) is 0 Å². The first-order valence-corrected chi connectivity index (χ1v) is 9.24. The summed E-state index contributed by atoms with van der Waals surface area (Å²) in [5.41, 5.74) is -0.306. The number of aromatic nitrogens is 4. The summed E-state index contributed by atoms with van der Waals surface area (Å²) in [7, 11) is 0. The number of halogens is 5. The van der Waals surface area contributed by atoms with Crippen molar-refractivity contribution in [2.24, 2.45) is 0 Å². The summed E-state index contributed by atoms with van der Waals surface area (Å²) in [4.78, 5) is 18.8. The number of fused-ring (bicyclic) bond motifs is 1. The predicted molar refractivity (Wildman–Crippen MR) is 96.6 cm³/mol. The Morgan fingerprint density at radius 3 is 2.71 bits per heavy atom. The summed E-state index contributed by atoms with van der Waals surface area (Å²) in [5, 5.41) is 4.15. The highest BCUT2D eigenvalue weighted by molar-refractivity contribution is 6.33. The monoisotopic (exact) mass is 431 g/mol. The molecule has 0 aromatic carbocycles. The van der Waals surface area contributed by atoms with Crippen LogP contribution in [0.4, 0.5) is 13.2 Å². The van der Waals surface area contributed by atoms with Crippen LogP contribution in [0.15, 0.2) is 30.6 Å². The van der Waals surface area contributed by atoms with Crippen LogP contribution in [0, 0.1) is 0 Å². The van der Waals surface area contributed by atoms with E-state index in [1.54, 1.807) is 27.6 Å². The minimum atomic E-state index is -4.50. The Kier molecular flexibility index (Phi) is 4.75. The van der Waals surface area contributed by atoms with Gasteiger partial charge in [0.25, 0.3) is 5.91 Å². The van der Waals surface area contributed by atoms with Crippen LogP contribution in [0.5, 0.6) is 0 Å². The van der Waals surface area contributed by atoms with Crippen LogP contribution in [0.2, 0.25) is 10.2 Å². The van der Waals surface area contributed by atoms with Gasteiger partial charge < -0.3 is 4.90 Å². The highest BCUT2D eigenvalue weighted by atomic mass is 35.5. The van der Waals surface area contributed by atoms with Crippen LogP contribution >= 0.6 is 23.2 Å². The molecule has 0 N–H and O–H groups in total. The molecule has 3 aromatic rings. The first kappa shape index (κ1) is 19.1. The summed E-state index contributed by atoms with van der Waals surface area (Å²) in [6.07, 6.45) is -0.337. The molecule has 0 saturated carbocycles. The number of imidazole rings is 1. The van der Waals surface area contributed by atoms with Crippen molar-refractivity contribution in [2.45, 2.75) is 25.1 Å². The standard InChI is InChI=1S/C17H14Cl2F3N5O/c18-10-3-6-26-13(8-10)23-15(19)14(26)16(28)25-5-1-2-11(9-25)27-7-4-12(24-27)17(20,21)22/h3-4,6-8,11H,1-2,5,9H2. The van der Waals surface area contributed by atoms with Crippen molar-refractivity contribution in [3.8, 4) is 0 Å². The number of rotatable bonds is 2. The molecule has 0 spiro atoms. The third-order valence-electron chi connectivity index (χ3n) is 4.70. The first-order chi connectivity index (χ1) is 13.2. The third-order valence-corrected chi connectivity index (χ3v) is 5.20. The van der Waals surface area contributed by atoms with Gasteiger partial charge in [-0.1, -0.05) is 23.2 Å². The van der Waals surface area contributed by atoms with Gasteiger partial charge in [-0.05, 0) is 25.0 Å². The second-order valence-electron chi connectivity index (χ2n) is 6.55. The van der Waals surface area contributed by atoms with Crippen LogP contribution in [0.25, 0.3) is 5.65 Å². The molecule has 0 radical (unpaired) electrons. The molecule has 1 aliphatic rings. The molecule has 1 aliphatic heterocycles. The van der Waals surface area contributed by atoms with Crippen molar-refractivity contribution in [3.05, 3.63) is 52.2 Å². The summed E-state index contributed by atoms with van der Waals surface area (Å²) < 4.78 is 41.2. The van der Waals surface area contributed by atoms with Gasteiger partial charge in [0.2, 0.25) is 0 Å². The lowest BCUT2D eigenvalue weighted by atomic mass is 10.1. The number of pyridine rings is 1. The van der Waals surface area contributed by atoms with Crippen molar-refractivity contribution < 1.29 is 18.0 Å². The molecule has 0 bridgehead atoms. The molecule has 3 aromatic heterocycles. The molecule has 1 unspecified atom stereocenters. The first-order valence-electron chi connectivity index (χ1n) is 8.49. The van der Waals surface area contributed by atoms with Gasteiger partial charge in [0.1, 0.15) is 5.65 Å². The third kappa shape index (κ3) is 3.44. The number of carbonyl (C=O) groups is 1. The van der Waals surface area contributed by atoms with Gasteiger partial charge in [-0.2, -0.15) is 18.3 Å². The zero-order valence-electron chi connectivity index (χ0n) is 14.3. The number of piperidine rings is 1. The van der Waals surface area contributed by atoms with Crippen molar-refractivity contribution in [2.75, 3.05) is 13.1 Å². The summed E-state index contributed by atoms with van der Waals surface area (Å²) in [6.45, 7) is 0.703. The van der Waals surface area contributed by atoms with E-state index in [4.69, 9.17) is 23.2 Å². The normalized spacial score (nSPS) is 18.0. The van der Waals surface area contributed by atoms with Crippen LogP contribution in [0.1, 0.15) is 35.1 Å². The maximum atomic E-state index is 13.1. The van der Waals surface area contributed by atoms with E-state index >= 15 is 0 Å². The van der Waals surface area contributed by atoms with Gasteiger partial charge in [-0.25, -0.2) is 4.98 Å². The van der Waals surface area contributed by atoms with E-state index < -0.39 is 11.9 Å². The lowest BCUT2D eigenvalue weighted by Crippen LogP contribution is -2.41. The lowest BCUT2D eigenvalue weighted by molar-refractivity contribution is -0.141. The number of amides is 1. The molecule has 1 atom stereocenters. The quantitative estimate of drug-likeness (QED) is 0.606. The molecule has 1 amide bonds. The Balaban J connectivity index is 1.59. The van der Waals surface area contributed by atoms with Crippen LogP contribution in [-0.2, 0) is 6.18 Å². The highest BCUT2D eigenvalue weighted by Crippen LogP contribution is 2.30. The van der Waals surface area contributed by atoms with E-state index in [0.29, 0.717) is 30.1 Å². The second kappa shape index (κ2) is 6.97. The Labute approximate surface area is 167 Å². The Hall–Kier alpha value is -2.26. The summed E-state index contributed by atoms with van der Waals surface area (Å²) in [5.74, 6) is -0.340. The van der Waals surface area contributed by atoms with E-state index in [2.05, 4.69) is 10.1 Å². The fraction of sp³-hybridized carbons (Fsp3) is 0.353. The average Bonchev–Trinajstić information content (AvgIpc) is 3.25. The fourth-order valence-electron chi connectivity index (χ4n) is 3.38. The van der Waals surface area contributed by atoms with E-state index in [9.17, 15) is 18.0 Å². The zero-order valence-corrected chi connectivity index (χ0v) is 15.8. The van der Waals surface area contributed by atoms with Gasteiger partial charge in [-0.3, -0.25) is 13.9 Å². The largest absolute Gasteiger partial charge is 0.435 e. The molecule has 1 fully saturated rings. The zero-order chi connectivity index (χ0) is 20.1. The van der Waals surface area contributed by atoms with Crippen molar-refractivity contribution in [1.29, 1.82) is 0 Å². The van der Waals surface area contributed by atoms with E-state index in [1.165, 1.54) is 10.9 Å². The molecule has 11 heteroatoms. The molecular formula is C17H14Cl2F3N5O. The van der Waals surface area contributed by atoms with Gasteiger partial charge in [0.15, 0.2) is 16.5 Å². The van der Waals surface area contributed by atoms with Crippen molar-refractivity contribution >= 4 is 34.8 Å². The SMILES string of the molecule is O=C(c1c(Cl)nc2cc(Cl)ccn12)N1CCCC(n2ccc(C(F)(F)F)n2)C1. The Morgan fingerprint density at radius 1 is 1.21 bits per heavy atom. The highest BCUT2D eigenvalue weighted by Gasteiger charge is 2.35. The van der Waals surface area contributed by atoms with Crippen LogP contribution < -0.4 is 0 Å². The lowest BCUT2D eigenvalue weighted by Gasteiger charge is -2.32. The Morgan fingerprint density at radius 2 is 2.00 bits per heavy atom. The van der Waals surface area contributed by atoms with Crippen molar-refractivity contribution in [1.82, 2.24) is 24.1 Å². The maximum absolute atomic E-state index is 13.1. The minimum absolute atomic E-state index is 0.0489. The molecule has 0 aliphatic carbocycles. The van der Waals surface area contributed by atoms with E-state index in [-0.39, 0.29) is 29.3 Å². The number of hydrogen-bond donors (Lipinski definition) is 0. The Bertz CT molecular complexity index is 1050. The molecule has 4 heterocycles. The molecule has 1 saturated heterocycles. The van der Waals surface area contributed by atoms with E-state index in [0.717, 1.165) is 6.07 Å². The fourth-order valence-corrected chi connectivity index (χ4v) is 3.79. The number of likely N-dealkylation sites (tertiary alicyclic amines) is 1. The predicted octanol–water partition coefficient (Wildman–Crippen LogP) is 4.33. The maximum Gasteiger partial charge on any atom is 0.435 e. The van der Waals surface area contributed by atoms with Gasteiger partial charge in [0, 0.05) is 36.6 Å². The smallest absolute Gasteiger partial charge is 0.335 e. The number of hydrogen-bond acceptors (Lipinski definition) is 3. The number of alkyl halides is 3. The number of nitrogens with zero attached hydrogens (tertiary/aromatic N) is 5. The second-order valence-corrected chi connectivity index (χ2v) is 7.34. The van der Waals surface area contributed by atoms with Gasteiger partial charge in [0.05, 0.1) is 6.04 Å².